The van der Waals surface area contributed by atoms with E-state index in [1.54, 1.807) is 0 Å². The van der Waals surface area contributed by atoms with E-state index in [2.05, 4.69) is 18.9 Å². The zero-order valence-electron chi connectivity index (χ0n) is 6.27. The molecule has 1 nitrogen and oxygen atoms in total. The highest BCUT2D eigenvalue weighted by Gasteiger charge is 2.13. The summed E-state index contributed by atoms with van der Waals surface area (Å²) in [6, 6.07) is 0. The van der Waals surface area contributed by atoms with Crippen LogP contribution in [0, 0.1) is 12.8 Å². The monoisotopic (exact) mass is 126 g/mol. The first-order valence-electron chi connectivity index (χ1n) is 3.80. The normalized spacial score (nSPS) is 24.7. The summed E-state index contributed by atoms with van der Waals surface area (Å²) < 4.78 is 0. The van der Waals surface area contributed by atoms with Crippen molar-refractivity contribution in [3.8, 4) is 0 Å². The van der Waals surface area contributed by atoms with Crippen molar-refractivity contribution >= 4 is 0 Å². The van der Waals surface area contributed by atoms with Crippen LogP contribution in [-0.4, -0.2) is 25.0 Å². The summed E-state index contributed by atoms with van der Waals surface area (Å²) in [6.07, 6.45) is 3.86. The molecular weight excluding hydrogens is 110 g/mol. The molecule has 0 aliphatic carbocycles. The number of hydrogen-bond acceptors (Lipinski definition) is 1. The first-order chi connectivity index (χ1) is 4.33. The Hall–Kier alpha value is -0.0400. The molecule has 0 bridgehead atoms. The predicted molar refractivity (Wildman–Crippen MR) is 40.2 cm³/mol. The van der Waals surface area contributed by atoms with Gasteiger partial charge in [-0.2, -0.15) is 0 Å². The maximum Gasteiger partial charge on any atom is -0.00191 e. The van der Waals surface area contributed by atoms with Gasteiger partial charge >= 0.3 is 0 Å². The average Bonchev–Trinajstić information content (AvgIpc) is 1.90. The van der Waals surface area contributed by atoms with Crippen LogP contribution in [0.25, 0.3) is 0 Å². The first-order valence-corrected chi connectivity index (χ1v) is 3.80. The summed E-state index contributed by atoms with van der Waals surface area (Å²) in [5.41, 5.74) is 0. The molecule has 1 fully saturated rings. The lowest BCUT2D eigenvalue weighted by Gasteiger charge is -2.27. The minimum atomic E-state index is 0.918. The number of nitrogens with zero attached hydrogens (tertiary/aromatic N) is 1. The molecule has 1 aliphatic rings. The van der Waals surface area contributed by atoms with Crippen molar-refractivity contribution < 1.29 is 0 Å². The lowest BCUT2D eigenvalue weighted by atomic mass is 9.95. The van der Waals surface area contributed by atoms with Gasteiger partial charge in [0.2, 0.25) is 0 Å². The van der Waals surface area contributed by atoms with E-state index < -0.39 is 0 Å². The van der Waals surface area contributed by atoms with Gasteiger partial charge < -0.3 is 4.90 Å². The van der Waals surface area contributed by atoms with Crippen LogP contribution in [0.3, 0.4) is 0 Å². The van der Waals surface area contributed by atoms with Gasteiger partial charge in [-0.05, 0) is 38.9 Å². The van der Waals surface area contributed by atoms with Gasteiger partial charge in [0.1, 0.15) is 0 Å². The molecule has 9 heavy (non-hydrogen) atoms. The van der Waals surface area contributed by atoms with Gasteiger partial charge in [-0.15, -0.1) is 0 Å². The Balaban J connectivity index is 2.18. The molecule has 0 aromatic rings. The molecule has 1 rings (SSSR count). The van der Waals surface area contributed by atoms with Gasteiger partial charge in [0.25, 0.3) is 0 Å². The molecule has 0 N–H and O–H groups in total. The van der Waals surface area contributed by atoms with Crippen LogP contribution in [0.5, 0.6) is 0 Å². The molecule has 1 saturated heterocycles. The zero-order valence-corrected chi connectivity index (χ0v) is 6.27. The van der Waals surface area contributed by atoms with Crippen molar-refractivity contribution in [1.29, 1.82) is 0 Å². The molecule has 0 atom stereocenters. The standard InChI is InChI=1S/C8H16N/c1-3-8-4-6-9(2)7-5-8/h8H,1,3-7H2,2H3. The Morgan fingerprint density at radius 3 is 2.44 bits per heavy atom. The maximum atomic E-state index is 3.92. The summed E-state index contributed by atoms with van der Waals surface area (Å²) >= 11 is 0. The van der Waals surface area contributed by atoms with Crippen LogP contribution in [-0.2, 0) is 0 Å². The molecule has 0 unspecified atom stereocenters. The second-order valence-corrected chi connectivity index (χ2v) is 3.04. The molecule has 0 aromatic carbocycles. The molecule has 1 radical (unpaired) electrons. The Bertz CT molecular complexity index is 72.6. The minimum Gasteiger partial charge on any atom is -0.306 e. The van der Waals surface area contributed by atoms with Crippen molar-refractivity contribution in [3.05, 3.63) is 6.92 Å². The molecule has 0 spiro atoms. The van der Waals surface area contributed by atoms with E-state index in [4.69, 9.17) is 0 Å². The number of piperidine rings is 1. The van der Waals surface area contributed by atoms with Crippen molar-refractivity contribution in [2.45, 2.75) is 19.3 Å². The Kier molecular flexibility index (Phi) is 2.52. The van der Waals surface area contributed by atoms with Crippen LogP contribution in [0.15, 0.2) is 0 Å². The Morgan fingerprint density at radius 2 is 2.00 bits per heavy atom. The highest BCUT2D eigenvalue weighted by molar-refractivity contribution is 4.69. The predicted octanol–water partition coefficient (Wildman–Crippen LogP) is 1.55. The minimum absolute atomic E-state index is 0.918. The van der Waals surface area contributed by atoms with E-state index in [9.17, 15) is 0 Å². The third-order valence-corrected chi connectivity index (χ3v) is 2.25. The fraction of sp³-hybridized carbons (Fsp3) is 0.875. The van der Waals surface area contributed by atoms with Crippen molar-refractivity contribution in [3.63, 3.8) is 0 Å². The topological polar surface area (TPSA) is 3.24 Å². The number of rotatable bonds is 1. The van der Waals surface area contributed by atoms with E-state index in [0.29, 0.717) is 0 Å². The van der Waals surface area contributed by atoms with E-state index in [1.807, 2.05) is 0 Å². The highest BCUT2D eigenvalue weighted by atomic mass is 15.1. The Labute approximate surface area is 58.0 Å². The zero-order chi connectivity index (χ0) is 6.69. The summed E-state index contributed by atoms with van der Waals surface area (Å²) in [4.78, 5) is 2.40. The Morgan fingerprint density at radius 1 is 1.44 bits per heavy atom. The van der Waals surface area contributed by atoms with E-state index in [0.717, 1.165) is 12.3 Å². The van der Waals surface area contributed by atoms with Gasteiger partial charge in [-0.3, -0.25) is 0 Å². The van der Waals surface area contributed by atoms with Crippen LogP contribution in [0.1, 0.15) is 19.3 Å². The van der Waals surface area contributed by atoms with E-state index in [-0.39, 0.29) is 0 Å². The fourth-order valence-corrected chi connectivity index (χ4v) is 1.35. The lowest BCUT2D eigenvalue weighted by molar-refractivity contribution is 0.220. The summed E-state index contributed by atoms with van der Waals surface area (Å²) in [5, 5.41) is 0. The number of likely N-dealkylation sites (tertiary alicyclic amines) is 1. The van der Waals surface area contributed by atoms with Crippen LogP contribution < -0.4 is 0 Å². The molecule has 0 amide bonds. The summed E-state index contributed by atoms with van der Waals surface area (Å²) in [5.74, 6) is 0.918. The van der Waals surface area contributed by atoms with Crippen LogP contribution >= 0.6 is 0 Å². The van der Waals surface area contributed by atoms with Gasteiger partial charge in [0.05, 0.1) is 0 Å². The van der Waals surface area contributed by atoms with Crippen molar-refractivity contribution in [2.24, 2.45) is 5.92 Å². The largest absolute Gasteiger partial charge is 0.306 e. The quantitative estimate of drug-likeness (QED) is 0.515. The lowest BCUT2D eigenvalue weighted by Crippen LogP contribution is -2.29. The van der Waals surface area contributed by atoms with Crippen molar-refractivity contribution in [1.82, 2.24) is 4.90 Å². The van der Waals surface area contributed by atoms with Crippen LogP contribution in [0.4, 0.5) is 0 Å². The SMILES string of the molecule is [CH2]CC1CCN(C)CC1. The third kappa shape index (κ3) is 1.98. The fourth-order valence-electron chi connectivity index (χ4n) is 1.35. The van der Waals surface area contributed by atoms with Crippen molar-refractivity contribution in [2.75, 3.05) is 20.1 Å². The third-order valence-electron chi connectivity index (χ3n) is 2.25. The molecule has 1 heterocycles. The summed E-state index contributed by atoms with van der Waals surface area (Å²) in [7, 11) is 2.19. The maximum absolute atomic E-state index is 3.92. The molecule has 1 aliphatic heterocycles. The smallest absolute Gasteiger partial charge is 0.00191 e. The van der Waals surface area contributed by atoms with E-state index >= 15 is 0 Å². The van der Waals surface area contributed by atoms with Gasteiger partial charge in [0, 0.05) is 0 Å². The second kappa shape index (κ2) is 3.21. The molecule has 1 heteroatoms. The average molecular weight is 126 g/mol. The molecular formula is C8H16N. The van der Waals surface area contributed by atoms with Gasteiger partial charge in [-0.1, -0.05) is 13.3 Å². The van der Waals surface area contributed by atoms with E-state index in [1.165, 1.54) is 25.9 Å². The van der Waals surface area contributed by atoms with Crippen LogP contribution in [0.2, 0.25) is 0 Å². The molecule has 0 saturated carbocycles. The van der Waals surface area contributed by atoms with Gasteiger partial charge in [0.15, 0.2) is 0 Å². The molecule has 0 aromatic heterocycles. The highest BCUT2D eigenvalue weighted by Crippen LogP contribution is 2.17. The second-order valence-electron chi connectivity index (χ2n) is 3.04. The number of hydrogen-bond donors (Lipinski definition) is 0. The summed E-state index contributed by atoms with van der Waals surface area (Å²) in [6.45, 7) is 6.47. The molecule has 53 valence electrons. The first kappa shape index (κ1) is 7.07. The van der Waals surface area contributed by atoms with Gasteiger partial charge in [-0.25, -0.2) is 0 Å².